The molecule has 184 valence electrons. The number of urea groups is 1. The number of carbonyl (C=O) groups is 1. The van der Waals surface area contributed by atoms with Gasteiger partial charge in [0.2, 0.25) is 10.0 Å². The first-order valence-corrected chi connectivity index (χ1v) is 12.6. The lowest BCUT2D eigenvalue weighted by Crippen LogP contribution is -2.51. The van der Waals surface area contributed by atoms with E-state index in [0.717, 1.165) is 6.42 Å². The van der Waals surface area contributed by atoms with Gasteiger partial charge in [-0.25, -0.2) is 13.2 Å². The van der Waals surface area contributed by atoms with Crippen LogP contribution in [0.3, 0.4) is 0 Å². The van der Waals surface area contributed by atoms with Crippen LogP contribution in [0, 0.1) is 17.8 Å². The van der Waals surface area contributed by atoms with Crippen LogP contribution >= 0.6 is 0 Å². The summed E-state index contributed by atoms with van der Waals surface area (Å²) >= 11 is 0. The maximum absolute atomic E-state index is 13.4. The fourth-order valence-corrected chi connectivity index (χ4v) is 5.25. The third kappa shape index (κ3) is 6.84. The van der Waals surface area contributed by atoms with E-state index in [4.69, 9.17) is 4.74 Å². The number of rotatable bonds is 6. The molecule has 0 aromatic heterocycles. The highest BCUT2D eigenvalue weighted by Crippen LogP contribution is 2.34. The highest BCUT2D eigenvalue weighted by molar-refractivity contribution is 7.89. The van der Waals surface area contributed by atoms with Gasteiger partial charge in [-0.1, -0.05) is 25.7 Å². The van der Waals surface area contributed by atoms with Gasteiger partial charge in [0.15, 0.2) is 0 Å². The number of nitrogens with one attached hydrogen (secondary N) is 1. The molecule has 0 bridgehead atoms. The molecule has 33 heavy (non-hydrogen) atoms. The Kier molecular flexibility index (Phi) is 9.55. The lowest BCUT2D eigenvalue weighted by Gasteiger charge is -2.37. The van der Waals surface area contributed by atoms with E-state index in [1.165, 1.54) is 28.3 Å². The molecule has 10 heteroatoms. The fourth-order valence-electron chi connectivity index (χ4n) is 3.43. The lowest BCUT2D eigenvalue weighted by atomic mass is 10.0. The Morgan fingerprint density at radius 3 is 2.70 bits per heavy atom. The predicted octanol–water partition coefficient (Wildman–Crippen LogP) is 1.24. The van der Waals surface area contributed by atoms with Gasteiger partial charge in [0.1, 0.15) is 22.9 Å². The number of likely N-dealkylation sites (N-methyl/N-ethyl adjacent to an activating group) is 1. The number of sulfonamides is 1. The first kappa shape index (κ1) is 26.9. The number of ether oxygens (including phenoxy) is 1. The molecule has 0 fully saturated rings. The molecule has 0 spiro atoms. The number of hydrogen-bond acceptors (Lipinski definition) is 6. The van der Waals surface area contributed by atoms with E-state index in [0.29, 0.717) is 12.1 Å². The van der Waals surface area contributed by atoms with Gasteiger partial charge in [0.05, 0.1) is 13.2 Å². The molecular formula is C23H35N3O6S. The summed E-state index contributed by atoms with van der Waals surface area (Å²) in [6.45, 7) is 7.59. The van der Waals surface area contributed by atoms with Crippen LogP contribution in [0.25, 0.3) is 0 Å². The van der Waals surface area contributed by atoms with Crippen molar-refractivity contribution in [2.45, 2.75) is 57.3 Å². The number of carbonyl (C=O) groups excluding carboxylic acids is 1. The number of aliphatic hydroxyl groups is 2. The summed E-state index contributed by atoms with van der Waals surface area (Å²) in [5.74, 6) is 5.29. The Bertz CT molecular complexity index is 986. The first-order chi connectivity index (χ1) is 15.5. The number of nitrogens with zero attached hydrogens (tertiary/aromatic N) is 2. The second-order valence-electron chi connectivity index (χ2n) is 8.46. The second kappa shape index (κ2) is 11.7. The third-order valence-corrected chi connectivity index (χ3v) is 7.44. The van der Waals surface area contributed by atoms with Gasteiger partial charge >= 0.3 is 6.03 Å². The van der Waals surface area contributed by atoms with Gasteiger partial charge in [-0.05, 0) is 38.5 Å². The Morgan fingerprint density at radius 2 is 2.09 bits per heavy atom. The van der Waals surface area contributed by atoms with Crippen LogP contribution in [0.1, 0.15) is 39.7 Å². The molecule has 1 aromatic carbocycles. The van der Waals surface area contributed by atoms with Crippen molar-refractivity contribution in [3.8, 4) is 17.6 Å². The van der Waals surface area contributed by atoms with Crippen molar-refractivity contribution in [3.05, 3.63) is 23.8 Å². The van der Waals surface area contributed by atoms with Crippen molar-refractivity contribution in [1.29, 1.82) is 0 Å². The van der Waals surface area contributed by atoms with Crippen LogP contribution in [0.15, 0.2) is 23.1 Å². The van der Waals surface area contributed by atoms with Crippen LogP contribution < -0.4 is 10.1 Å². The molecule has 0 saturated heterocycles. The van der Waals surface area contributed by atoms with Crippen molar-refractivity contribution in [3.63, 3.8) is 0 Å². The van der Waals surface area contributed by atoms with Crippen molar-refractivity contribution in [1.82, 2.24) is 14.5 Å². The number of hydrogen-bond donors (Lipinski definition) is 3. The smallest absolute Gasteiger partial charge is 0.317 e. The maximum atomic E-state index is 13.4. The van der Waals surface area contributed by atoms with E-state index in [9.17, 15) is 23.4 Å². The van der Waals surface area contributed by atoms with E-state index in [-0.39, 0.29) is 42.3 Å². The van der Waals surface area contributed by atoms with E-state index >= 15 is 0 Å². The summed E-state index contributed by atoms with van der Waals surface area (Å²) in [4.78, 5) is 13.9. The van der Waals surface area contributed by atoms with Crippen LogP contribution in [-0.4, -0.2) is 85.4 Å². The molecule has 0 saturated carbocycles. The van der Waals surface area contributed by atoms with Crippen LogP contribution in [0.4, 0.5) is 4.79 Å². The number of aliphatic hydroxyl groups excluding tert-OH is 2. The van der Waals surface area contributed by atoms with Crippen molar-refractivity contribution < 1.29 is 28.2 Å². The van der Waals surface area contributed by atoms with Crippen LogP contribution in [0.2, 0.25) is 0 Å². The SMILES string of the molecule is CCCNC(=O)N(C)C[C@H]1Oc2cc(C#C[C@H](C)O)ccc2S(=O)(=O)N([C@H](C)CO)C[C@@H]1C. The number of amides is 2. The maximum Gasteiger partial charge on any atom is 0.317 e. The zero-order valence-electron chi connectivity index (χ0n) is 19.9. The molecule has 1 aliphatic heterocycles. The van der Waals surface area contributed by atoms with E-state index in [1.807, 2.05) is 13.8 Å². The Morgan fingerprint density at radius 1 is 1.39 bits per heavy atom. The average Bonchev–Trinajstić information content (AvgIpc) is 2.77. The zero-order valence-corrected chi connectivity index (χ0v) is 20.7. The largest absolute Gasteiger partial charge is 0.487 e. The first-order valence-electron chi connectivity index (χ1n) is 11.1. The standard InChI is InChI=1S/C23H35N3O6S/c1-6-11-24-23(29)25(5)14-21-16(2)13-26(17(3)15-27)33(30,31)22-10-9-19(8-7-18(4)28)12-20(22)32-21/h9-10,12,16-18,21,27-28H,6,11,13-15H2,1-5H3,(H,24,29)/t16-,17+,18-,21+/m0/s1. The molecule has 0 radical (unpaired) electrons. The molecular weight excluding hydrogens is 446 g/mol. The van der Waals surface area contributed by atoms with Gasteiger partial charge in [0, 0.05) is 37.7 Å². The Labute approximate surface area is 196 Å². The quantitative estimate of drug-likeness (QED) is 0.526. The lowest BCUT2D eigenvalue weighted by molar-refractivity contribution is 0.0812. The number of fused-ring (bicyclic) bond motifs is 1. The zero-order chi connectivity index (χ0) is 24.8. The molecule has 1 aromatic rings. The molecule has 0 aliphatic carbocycles. The van der Waals surface area contributed by atoms with E-state index in [1.54, 1.807) is 20.0 Å². The average molecular weight is 482 g/mol. The van der Waals surface area contributed by atoms with Crippen LogP contribution in [-0.2, 0) is 10.0 Å². The van der Waals surface area contributed by atoms with Gasteiger partial charge < -0.3 is 25.2 Å². The second-order valence-corrected chi connectivity index (χ2v) is 10.3. The molecule has 2 rings (SSSR count). The third-order valence-electron chi connectivity index (χ3n) is 5.42. The van der Waals surface area contributed by atoms with E-state index < -0.39 is 28.3 Å². The predicted molar refractivity (Wildman–Crippen MR) is 125 cm³/mol. The van der Waals surface area contributed by atoms with Crippen molar-refractivity contribution in [2.24, 2.45) is 5.92 Å². The molecule has 4 atom stereocenters. The molecule has 1 heterocycles. The minimum Gasteiger partial charge on any atom is -0.487 e. The summed E-state index contributed by atoms with van der Waals surface area (Å²) in [6, 6.07) is 3.65. The van der Waals surface area contributed by atoms with E-state index in [2.05, 4.69) is 17.2 Å². The fraction of sp³-hybridized carbons (Fsp3) is 0.609. The Hall–Kier alpha value is -2.32. The summed E-state index contributed by atoms with van der Waals surface area (Å²) in [6.07, 6.45) is -0.531. The molecule has 0 unspecified atom stereocenters. The summed E-state index contributed by atoms with van der Waals surface area (Å²) in [5, 5.41) is 22.0. The minimum atomic E-state index is -3.96. The molecule has 3 N–H and O–H groups in total. The molecule has 2 amide bonds. The normalized spacial score (nSPS) is 21.8. The van der Waals surface area contributed by atoms with Crippen molar-refractivity contribution >= 4 is 16.1 Å². The highest BCUT2D eigenvalue weighted by Gasteiger charge is 2.38. The molecule has 9 nitrogen and oxygen atoms in total. The molecule has 1 aliphatic rings. The van der Waals surface area contributed by atoms with Crippen molar-refractivity contribution in [2.75, 3.05) is 33.3 Å². The summed E-state index contributed by atoms with van der Waals surface area (Å²) in [7, 11) is -2.29. The van der Waals surface area contributed by atoms with Gasteiger partial charge in [-0.15, -0.1) is 0 Å². The van der Waals surface area contributed by atoms with Gasteiger partial charge in [0.25, 0.3) is 0 Å². The highest BCUT2D eigenvalue weighted by atomic mass is 32.2. The summed E-state index contributed by atoms with van der Waals surface area (Å²) < 4.78 is 34.4. The topological polar surface area (TPSA) is 119 Å². The van der Waals surface area contributed by atoms with Gasteiger partial charge in [-0.3, -0.25) is 0 Å². The monoisotopic (exact) mass is 481 g/mol. The van der Waals surface area contributed by atoms with Crippen LogP contribution in [0.5, 0.6) is 5.75 Å². The number of benzene rings is 1. The Balaban J connectivity index is 2.51. The minimum absolute atomic E-state index is 0.0274. The van der Waals surface area contributed by atoms with Gasteiger partial charge in [-0.2, -0.15) is 4.31 Å². The summed E-state index contributed by atoms with van der Waals surface area (Å²) in [5.41, 5.74) is 0.493.